The predicted molar refractivity (Wildman–Crippen MR) is 75.5 cm³/mol. The first kappa shape index (κ1) is 15.0. The average Bonchev–Trinajstić information content (AvgIpc) is 2.73. The van der Waals surface area contributed by atoms with E-state index in [1.165, 1.54) is 44.9 Å². The molecule has 102 valence electrons. The Balaban J connectivity index is 2.85. The molecule has 1 rings (SSSR count). The van der Waals surface area contributed by atoms with Gasteiger partial charge in [0.05, 0.1) is 0 Å². The molecule has 0 amide bonds. The van der Waals surface area contributed by atoms with E-state index in [0.29, 0.717) is 11.5 Å². The fourth-order valence-electron chi connectivity index (χ4n) is 4.11. The van der Waals surface area contributed by atoms with Crippen molar-refractivity contribution in [1.82, 2.24) is 5.43 Å². The molecule has 17 heavy (non-hydrogen) atoms. The molecule has 1 fully saturated rings. The summed E-state index contributed by atoms with van der Waals surface area (Å²) in [6.45, 7) is 9.30. The summed E-state index contributed by atoms with van der Waals surface area (Å²) in [7, 11) is 0. The van der Waals surface area contributed by atoms with Gasteiger partial charge in [0.25, 0.3) is 0 Å². The minimum absolute atomic E-state index is 0.472. The number of nitrogens with one attached hydrogen (secondary N) is 1. The van der Waals surface area contributed by atoms with Crippen LogP contribution in [0.15, 0.2) is 0 Å². The zero-order valence-electron chi connectivity index (χ0n) is 12.3. The maximum atomic E-state index is 5.92. The van der Waals surface area contributed by atoms with Crippen LogP contribution in [0.1, 0.15) is 72.6 Å². The average molecular weight is 240 g/mol. The number of nitrogens with two attached hydrogens (primary N) is 1. The minimum atomic E-state index is 0.472. The Hall–Kier alpha value is -0.0800. The Bertz CT molecular complexity index is 203. The molecule has 0 bridgehead atoms. The third-order valence-corrected chi connectivity index (χ3v) is 4.77. The van der Waals surface area contributed by atoms with Crippen LogP contribution in [-0.2, 0) is 0 Å². The van der Waals surface area contributed by atoms with E-state index in [4.69, 9.17) is 5.84 Å². The lowest BCUT2D eigenvalue weighted by atomic mass is 9.67. The highest BCUT2D eigenvalue weighted by Gasteiger charge is 2.43. The molecule has 0 aromatic rings. The van der Waals surface area contributed by atoms with Crippen molar-refractivity contribution in [3.05, 3.63) is 0 Å². The van der Waals surface area contributed by atoms with Crippen molar-refractivity contribution in [3.63, 3.8) is 0 Å². The highest BCUT2D eigenvalue weighted by molar-refractivity contribution is 4.97. The van der Waals surface area contributed by atoms with E-state index in [9.17, 15) is 0 Å². The third kappa shape index (κ3) is 3.45. The molecule has 1 aliphatic rings. The molecule has 3 N–H and O–H groups in total. The standard InChI is InChI=1S/C15H32N2/c1-5-13(6-2)14(17-16)15(11-12(3)4)9-7-8-10-15/h12-14,17H,5-11,16H2,1-4H3. The summed E-state index contributed by atoms with van der Waals surface area (Å²) in [4.78, 5) is 0. The first-order valence-electron chi connectivity index (χ1n) is 7.55. The van der Waals surface area contributed by atoms with E-state index >= 15 is 0 Å². The third-order valence-electron chi connectivity index (χ3n) is 4.77. The lowest BCUT2D eigenvalue weighted by molar-refractivity contribution is 0.105. The van der Waals surface area contributed by atoms with E-state index in [1.54, 1.807) is 0 Å². The van der Waals surface area contributed by atoms with E-state index in [2.05, 4.69) is 33.1 Å². The van der Waals surface area contributed by atoms with Crippen LogP contribution < -0.4 is 11.3 Å². The van der Waals surface area contributed by atoms with Crippen LogP contribution >= 0.6 is 0 Å². The van der Waals surface area contributed by atoms with Gasteiger partial charge in [0.1, 0.15) is 0 Å². The van der Waals surface area contributed by atoms with Gasteiger partial charge in [-0.25, -0.2) is 0 Å². The second-order valence-corrected chi connectivity index (χ2v) is 6.39. The van der Waals surface area contributed by atoms with Gasteiger partial charge < -0.3 is 0 Å². The first-order valence-corrected chi connectivity index (χ1v) is 7.55. The maximum absolute atomic E-state index is 5.92. The Kier molecular flexibility index (Phi) is 5.94. The van der Waals surface area contributed by atoms with Crippen LogP contribution in [-0.4, -0.2) is 6.04 Å². The Labute approximate surface area is 108 Å². The van der Waals surface area contributed by atoms with Gasteiger partial charge in [-0.2, -0.15) is 0 Å². The van der Waals surface area contributed by atoms with Crippen LogP contribution in [0, 0.1) is 17.3 Å². The fourth-order valence-corrected chi connectivity index (χ4v) is 4.11. The Morgan fingerprint density at radius 3 is 2.00 bits per heavy atom. The summed E-state index contributed by atoms with van der Waals surface area (Å²) >= 11 is 0. The topological polar surface area (TPSA) is 38.0 Å². The molecule has 1 saturated carbocycles. The fraction of sp³-hybridized carbons (Fsp3) is 1.00. The molecule has 2 heteroatoms. The van der Waals surface area contributed by atoms with Crippen molar-refractivity contribution in [2.24, 2.45) is 23.1 Å². The second-order valence-electron chi connectivity index (χ2n) is 6.39. The molecule has 1 atom stereocenters. The molecule has 0 aliphatic heterocycles. The largest absolute Gasteiger partial charge is 0.271 e. The summed E-state index contributed by atoms with van der Waals surface area (Å²) in [6.07, 6.45) is 9.35. The molecular weight excluding hydrogens is 208 g/mol. The molecule has 0 radical (unpaired) electrons. The number of hydrogen-bond acceptors (Lipinski definition) is 2. The minimum Gasteiger partial charge on any atom is -0.271 e. The van der Waals surface area contributed by atoms with Gasteiger partial charge in [-0.05, 0) is 36.5 Å². The van der Waals surface area contributed by atoms with Gasteiger partial charge >= 0.3 is 0 Å². The van der Waals surface area contributed by atoms with Gasteiger partial charge in [0.2, 0.25) is 0 Å². The van der Waals surface area contributed by atoms with E-state index in [1.807, 2.05) is 0 Å². The van der Waals surface area contributed by atoms with E-state index in [-0.39, 0.29) is 0 Å². The highest BCUT2D eigenvalue weighted by Crippen LogP contribution is 2.48. The number of rotatable bonds is 7. The lowest BCUT2D eigenvalue weighted by Gasteiger charge is -2.42. The second kappa shape index (κ2) is 6.75. The molecule has 2 nitrogen and oxygen atoms in total. The predicted octanol–water partition coefficient (Wildman–Crippen LogP) is 3.86. The van der Waals surface area contributed by atoms with Crippen LogP contribution in [0.25, 0.3) is 0 Å². The zero-order valence-corrected chi connectivity index (χ0v) is 12.3. The van der Waals surface area contributed by atoms with Gasteiger partial charge in [-0.1, -0.05) is 53.4 Å². The summed E-state index contributed by atoms with van der Waals surface area (Å²) in [5, 5.41) is 0. The quantitative estimate of drug-likeness (QED) is 0.524. The van der Waals surface area contributed by atoms with Crippen LogP contribution in [0.4, 0.5) is 0 Å². The Morgan fingerprint density at radius 2 is 1.65 bits per heavy atom. The van der Waals surface area contributed by atoms with Crippen LogP contribution in [0.3, 0.4) is 0 Å². The normalized spacial score (nSPS) is 21.4. The maximum Gasteiger partial charge on any atom is 0.0295 e. The van der Waals surface area contributed by atoms with Crippen molar-refractivity contribution in [2.45, 2.75) is 78.7 Å². The highest BCUT2D eigenvalue weighted by atomic mass is 15.2. The van der Waals surface area contributed by atoms with Crippen molar-refractivity contribution in [3.8, 4) is 0 Å². The molecule has 1 unspecified atom stereocenters. The summed E-state index contributed by atoms with van der Waals surface area (Å²) in [6, 6.07) is 0.516. The first-order chi connectivity index (χ1) is 8.09. The Morgan fingerprint density at radius 1 is 1.12 bits per heavy atom. The molecule has 0 aromatic carbocycles. The molecule has 0 saturated heterocycles. The van der Waals surface area contributed by atoms with Gasteiger partial charge in [-0.3, -0.25) is 11.3 Å². The van der Waals surface area contributed by atoms with Crippen molar-refractivity contribution < 1.29 is 0 Å². The van der Waals surface area contributed by atoms with Gasteiger partial charge in [0.15, 0.2) is 0 Å². The molecule has 0 aromatic heterocycles. The summed E-state index contributed by atoms with van der Waals surface area (Å²) in [5.74, 6) is 7.42. The van der Waals surface area contributed by atoms with Gasteiger partial charge in [0, 0.05) is 6.04 Å². The summed E-state index contributed by atoms with van der Waals surface area (Å²) < 4.78 is 0. The van der Waals surface area contributed by atoms with Crippen LogP contribution in [0.2, 0.25) is 0 Å². The molecule has 0 spiro atoms. The van der Waals surface area contributed by atoms with Crippen LogP contribution in [0.5, 0.6) is 0 Å². The van der Waals surface area contributed by atoms with E-state index in [0.717, 1.165) is 11.8 Å². The van der Waals surface area contributed by atoms with E-state index < -0.39 is 0 Å². The molecular formula is C15H32N2. The lowest BCUT2D eigenvalue weighted by Crippen LogP contribution is -2.52. The van der Waals surface area contributed by atoms with Gasteiger partial charge in [-0.15, -0.1) is 0 Å². The smallest absolute Gasteiger partial charge is 0.0295 e. The number of hydrogen-bond donors (Lipinski definition) is 2. The molecule has 1 aliphatic carbocycles. The molecule has 0 heterocycles. The van der Waals surface area contributed by atoms with Crippen molar-refractivity contribution in [2.75, 3.05) is 0 Å². The summed E-state index contributed by atoms with van der Waals surface area (Å²) in [5.41, 5.74) is 3.66. The zero-order chi connectivity index (χ0) is 12.9. The number of hydrazine groups is 1. The van der Waals surface area contributed by atoms with Crippen molar-refractivity contribution in [1.29, 1.82) is 0 Å². The monoisotopic (exact) mass is 240 g/mol. The van der Waals surface area contributed by atoms with Crippen molar-refractivity contribution >= 4 is 0 Å². The SMILES string of the molecule is CCC(CC)C(NN)C1(CC(C)C)CCCC1.